The van der Waals surface area contributed by atoms with Crippen LogP contribution in [0.1, 0.15) is 39.9 Å². The molecule has 2 heterocycles. The summed E-state index contributed by atoms with van der Waals surface area (Å²) in [7, 11) is 2.00. The van der Waals surface area contributed by atoms with Crippen molar-refractivity contribution >= 4 is 35.1 Å². The summed E-state index contributed by atoms with van der Waals surface area (Å²) in [5.41, 5.74) is 4.25. The standard InChI is InChI=1S/C32H34ClN5OS/c1-37(21-24-9-4-2-5-10-24)30-20-29(33)35-32(36-30)40-23-26-13-8-14-27(19-26)31(39)34-28-15-17-38(18-16-28)22-25-11-6-3-7-12-25/h2-14,19-20,28H,15-18,21-23H2,1H3,(H,34,39). The molecule has 6 nitrogen and oxygen atoms in total. The fourth-order valence-electron chi connectivity index (χ4n) is 4.88. The van der Waals surface area contributed by atoms with Gasteiger partial charge in [0, 0.05) is 56.7 Å². The van der Waals surface area contributed by atoms with Gasteiger partial charge in [-0.25, -0.2) is 9.97 Å². The van der Waals surface area contributed by atoms with Gasteiger partial charge in [-0.1, -0.05) is 96.2 Å². The van der Waals surface area contributed by atoms with Crippen LogP contribution in [0.4, 0.5) is 5.82 Å². The van der Waals surface area contributed by atoms with Crippen LogP contribution in [0.2, 0.25) is 5.15 Å². The molecule has 0 atom stereocenters. The summed E-state index contributed by atoms with van der Waals surface area (Å²) >= 11 is 7.85. The lowest BCUT2D eigenvalue weighted by molar-refractivity contribution is 0.0909. The van der Waals surface area contributed by atoms with Crippen molar-refractivity contribution in [2.75, 3.05) is 25.0 Å². The van der Waals surface area contributed by atoms with Crippen LogP contribution < -0.4 is 10.2 Å². The number of hydrogen-bond donors (Lipinski definition) is 1. The van der Waals surface area contributed by atoms with E-state index >= 15 is 0 Å². The molecule has 3 aromatic carbocycles. The average Bonchev–Trinajstić information content (AvgIpc) is 2.98. The number of hydrogen-bond acceptors (Lipinski definition) is 6. The highest BCUT2D eigenvalue weighted by Crippen LogP contribution is 2.25. The summed E-state index contributed by atoms with van der Waals surface area (Å²) in [6, 6.07) is 30.6. The van der Waals surface area contributed by atoms with E-state index in [1.807, 2.05) is 55.6 Å². The molecule has 0 bridgehead atoms. The van der Waals surface area contributed by atoms with Crippen LogP contribution in [0, 0.1) is 0 Å². The first-order valence-electron chi connectivity index (χ1n) is 13.6. The Labute approximate surface area is 245 Å². The molecule has 40 heavy (non-hydrogen) atoms. The van der Waals surface area contributed by atoms with Gasteiger partial charge in [0.1, 0.15) is 11.0 Å². The molecule has 8 heteroatoms. The highest BCUT2D eigenvalue weighted by atomic mass is 35.5. The number of aromatic nitrogens is 2. The van der Waals surface area contributed by atoms with Gasteiger partial charge in [-0.15, -0.1) is 0 Å². The highest BCUT2D eigenvalue weighted by Gasteiger charge is 2.21. The number of carbonyl (C=O) groups is 1. The van der Waals surface area contributed by atoms with Gasteiger partial charge in [0.05, 0.1) is 0 Å². The Morgan fingerprint density at radius 3 is 2.33 bits per heavy atom. The molecular formula is C32H34ClN5OS. The second-order valence-electron chi connectivity index (χ2n) is 10.2. The van der Waals surface area contributed by atoms with Crippen molar-refractivity contribution < 1.29 is 4.79 Å². The molecule has 0 radical (unpaired) electrons. The molecule has 0 unspecified atom stereocenters. The summed E-state index contributed by atoms with van der Waals surface area (Å²) in [6.07, 6.45) is 1.92. The Hall–Kier alpha value is -3.39. The molecule has 0 aliphatic carbocycles. The Kier molecular flexibility index (Phi) is 9.71. The summed E-state index contributed by atoms with van der Waals surface area (Å²) in [4.78, 5) is 26.7. The average molecular weight is 572 g/mol. The molecule has 1 amide bonds. The van der Waals surface area contributed by atoms with E-state index in [0.29, 0.717) is 21.6 Å². The Bertz CT molecular complexity index is 1400. The quantitative estimate of drug-likeness (QED) is 0.134. The number of thioether (sulfide) groups is 1. The third-order valence-corrected chi connectivity index (χ3v) is 8.16. The number of nitrogens with one attached hydrogen (secondary N) is 1. The molecule has 0 spiro atoms. The van der Waals surface area contributed by atoms with Crippen LogP contribution in [0.3, 0.4) is 0 Å². The molecule has 1 aliphatic heterocycles. The van der Waals surface area contributed by atoms with E-state index in [4.69, 9.17) is 16.6 Å². The summed E-state index contributed by atoms with van der Waals surface area (Å²) < 4.78 is 0. The van der Waals surface area contributed by atoms with E-state index in [1.165, 1.54) is 22.9 Å². The number of anilines is 1. The number of carbonyl (C=O) groups excluding carboxylic acids is 1. The molecule has 1 N–H and O–H groups in total. The summed E-state index contributed by atoms with van der Waals surface area (Å²) in [6.45, 7) is 3.65. The van der Waals surface area contributed by atoms with E-state index in [0.717, 1.165) is 50.4 Å². The number of halogens is 1. The smallest absolute Gasteiger partial charge is 0.251 e. The van der Waals surface area contributed by atoms with Gasteiger partial charge < -0.3 is 10.2 Å². The third-order valence-electron chi connectivity index (χ3n) is 7.04. The van der Waals surface area contributed by atoms with Gasteiger partial charge in [0.25, 0.3) is 5.91 Å². The zero-order valence-electron chi connectivity index (χ0n) is 22.7. The van der Waals surface area contributed by atoms with Gasteiger partial charge in [0.2, 0.25) is 0 Å². The van der Waals surface area contributed by atoms with Crippen molar-refractivity contribution in [3.8, 4) is 0 Å². The minimum atomic E-state index is -0.0165. The Morgan fingerprint density at radius 2 is 1.60 bits per heavy atom. The number of amides is 1. The molecule has 1 aromatic heterocycles. The van der Waals surface area contributed by atoms with E-state index in [1.54, 1.807) is 6.07 Å². The predicted octanol–water partition coefficient (Wildman–Crippen LogP) is 6.45. The molecule has 206 valence electrons. The van der Waals surface area contributed by atoms with Gasteiger partial charge in [0.15, 0.2) is 5.16 Å². The first-order chi connectivity index (χ1) is 19.5. The summed E-state index contributed by atoms with van der Waals surface area (Å²) in [5, 5.41) is 4.27. The molecule has 1 aliphatic rings. The number of rotatable bonds is 10. The minimum absolute atomic E-state index is 0.0165. The maximum Gasteiger partial charge on any atom is 0.251 e. The van der Waals surface area contributed by atoms with Gasteiger partial charge in [-0.05, 0) is 41.7 Å². The fourth-order valence-corrected chi connectivity index (χ4v) is 5.90. The molecule has 1 saturated heterocycles. The zero-order chi connectivity index (χ0) is 27.7. The van der Waals surface area contributed by atoms with Crippen LogP contribution in [0.15, 0.2) is 96.2 Å². The summed E-state index contributed by atoms with van der Waals surface area (Å²) in [5.74, 6) is 1.40. The van der Waals surface area contributed by atoms with E-state index in [2.05, 4.69) is 56.5 Å². The fraction of sp³-hybridized carbons (Fsp3) is 0.281. The van der Waals surface area contributed by atoms with E-state index < -0.39 is 0 Å². The van der Waals surface area contributed by atoms with E-state index in [-0.39, 0.29) is 11.9 Å². The van der Waals surface area contributed by atoms with Crippen LogP contribution >= 0.6 is 23.4 Å². The van der Waals surface area contributed by atoms with Crippen molar-refractivity contribution in [1.29, 1.82) is 0 Å². The van der Waals surface area contributed by atoms with Crippen molar-refractivity contribution in [3.05, 3.63) is 118 Å². The first kappa shape index (κ1) is 28.1. The zero-order valence-corrected chi connectivity index (χ0v) is 24.2. The maximum atomic E-state index is 13.0. The number of likely N-dealkylation sites (tertiary alicyclic amines) is 1. The Morgan fingerprint density at radius 1 is 0.925 bits per heavy atom. The maximum absolute atomic E-state index is 13.0. The van der Waals surface area contributed by atoms with Crippen molar-refractivity contribution in [3.63, 3.8) is 0 Å². The highest BCUT2D eigenvalue weighted by molar-refractivity contribution is 7.98. The van der Waals surface area contributed by atoms with Crippen molar-refractivity contribution in [2.45, 2.75) is 42.9 Å². The van der Waals surface area contributed by atoms with Crippen molar-refractivity contribution in [1.82, 2.24) is 20.2 Å². The van der Waals surface area contributed by atoms with Crippen LogP contribution in [0.5, 0.6) is 0 Å². The molecule has 1 fully saturated rings. The lowest BCUT2D eigenvalue weighted by Crippen LogP contribution is -2.44. The first-order valence-corrected chi connectivity index (χ1v) is 15.0. The van der Waals surface area contributed by atoms with Crippen LogP contribution in [-0.4, -0.2) is 47.0 Å². The third kappa shape index (κ3) is 8.07. The predicted molar refractivity (Wildman–Crippen MR) is 164 cm³/mol. The van der Waals surface area contributed by atoms with Crippen LogP contribution in [-0.2, 0) is 18.8 Å². The molecular weight excluding hydrogens is 538 g/mol. The lowest BCUT2D eigenvalue weighted by Gasteiger charge is -2.32. The molecule has 5 rings (SSSR count). The van der Waals surface area contributed by atoms with Gasteiger partial charge >= 0.3 is 0 Å². The number of benzene rings is 3. The monoisotopic (exact) mass is 571 g/mol. The van der Waals surface area contributed by atoms with Crippen molar-refractivity contribution in [2.24, 2.45) is 0 Å². The minimum Gasteiger partial charge on any atom is -0.355 e. The number of nitrogens with zero attached hydrogens (tertiary/aromatic N) is 4. The largest absolute Gasteiger partial charge is 0.355 e. The second kappa shape index (κ2) is 13.8. The SMILES string of the molecule is CN(Cc1ccccc1)c1cc(Cl)nc(SCc2cccc(C(=O)NC3CCN(Cc4ccccc4)CC3)c2)n1. The molecule has 0 saturated carbocycles. The second-order valence-corrected chi connectivity index (χ2v) is 11.5. The van der Waals surface area contributed by atoms with Gasteiger partial charge in [-0.2, -0.15) is 0 Å². The molecule has 4 aromatic rings. The van der Waals surface area contributed by atoms with E-state index in [9.17, 15) is 4.79 Å². The number of piperidine rings is 1. The lowest BCUT2D eigenvalue weighted by atomic mass is 10.0. The van der Waals surface area contributed by atoms with Crippen LogP contribution in [0.25, 0.3) is 0 Å². The Balaban J connectivity index is 1.13. The topological polar surface area (TPSA) is 61.4 Å². The van der Waals surface area contributed by atoms with Gasteiger partial charge in [-0.3, -0.25) is 9.69 Å². The normalized spacial score (nSPS) is 14.2.